The molecule has 0 unspecified atom stereocenters. The minimum absolute atomic E-state index is 0.0314. The summed E-state index contributed by atoms with van der Waals surface area (Å²) in [6.07, 6.45) is 0.0961. The molecule has 1 aromatic carbocycles. The number of nitrogens with zero attached hydrogens (tertiary/aromatic N) is 1. The molecule has 2 amide bonds. The van der Waals surface area contributed by atoms with E-state index in [1.54, 1.807) is 29.6 Å². The summed E-state index contributed by atoms with van der Waals surface area (Å²) in [5.74, 6) is -2.03. The Morgan fingerprint density at radius 3 is 2.70 bits per heavy atom. The lowest BCUT2D eigenvalue weighted by Crippen LogP contribution is -2.42. The first-order valence-corrected chi connectivity index (χ1v) is 6.73. The molecule has 100 valence electrons. The van der Waals surface area contributed by atoms with Gasteiger partial charge in [-0.1, -0.05) is 18.2 Å². The molecule has 0 aliphatic carbocycles. The standard InChI is InChI=1S/C14H9NO4S/c16-11-7-8-3-1-2-4-9(8)12(17)15(11)13-10(14(18)19)5-6-20-13/h1-6H,7H2,(H,18,19). The number of imide groups is 1. The summed E-state index contributed by atoms with van der Waals surface area (Å²) in [4.78, 5) is 36.7. The molecule has 0 saturated heterocycles. The number of carbonyl (C=O) groups is 3. The third-order valence-electron chi connectivity index (χ3n) is 3.12. The molecule has 2 heterocycles. The second kappa shape index (κ2) is 4.57. The first kappa shape index (κ1) is 12.6. The van der Waals surface area contributed by atoms with E-state index in [-0.39, 0.29) is 17.0 Å². The molecule has 0 radical (unpaired) electrons. The number of fused-ring (bicyclic) bond motifs is 1. The van der Waals surface area contributed by atoms with Crippen molar-refractivity contribution in [1.29, 1.82) is 0 Å². The molecular formula is C14H9NO4S. The Kier molecular flexibility index (Phi) is 2.87. The molecule has 0 spiro atoms. The highest BCUT2D eigenvalue weighted by Crippen LogP contribution is 2.32. The van der Waals surface area contributed by atoms with Crippen LogP contribution < -0.4 is 4.90 Å². The largest absolute Gasteiger partial charge is 0.478 e. The van der Waals surface area contributed by atoms with Gasteiger partial charge in [-0.3, -0.25) is 9.59 Å². The summed E-state index contributed by atoms with van der Waals surface area (Å²) in [5, 5.41) is 10.8. The van der Waals surface area contributed by atoms with Crippen molar-refractivity contribution in [3.05, 3.63) is 52.4 Å². The maximum absolute atomic E-state index is 12.4. The van der Waals surface area contributed by atoms with Gasteiger partial charge in [0.2, 0.25) is 5.91 Å². The monoisotopic (exact) mass is 287 g/mol. The zero-order chi connectivity index (χ0) is 14.3. The Balaban J connectivity index is 2.11. The zero-order valence-corrected chi connectivity index (χ0v) is 11.0. The van der Waals surface area contributed by atoms with Gasteiger partial charge in [0.05, 0.1) is 12.0 Å². The summed E-state index contributed by atoms with van der Waals surface area (Å²) < 4.78 is 0. The van der Waals surface area contributed by atoms with Gasteiger partial charge in [0, 0.05) is 5.56 Å². The van der Waals surface area contributed by atoms with Crippen molar-refractivity contribution in [3.8, 4) is 0 Å². The van der Waals surface area contributed by atoms with Gasteiger partial charge in [-0.25, -0.2) is 9.69 Å². The van der Waals surface area contributed by atoms with E-state index in [0.717, 1.165) is 16.2 Å². The summed E-state index contributed by atoms with van der Waals surface area (Å²) in [5.41, 5.74) is 1.08. The SMILES string of the molecule is O=C(O)c1ccsc1N1C(=O)Cc2ccccc2C1=O. The Hall–Kier alpha value is -2.47. The minimum atomic E-state index is -1.15. The molecule has 6 heteroatoms. The van der Waals surface area contributed by atoms with Crippen LogP contribution in [0, 0.1) is 0 Å². The first-order valence-electron chi connectivity index (χ1n) is 5.85. The summed E-state index contributed by atoms with van der Waals surface area (Å²) in [7, 11) is 0. The number of carbonyl (C=O) groups excluding carboxylic acids is 2. The van der Waals surface area contributed by atoms with Gasteiger partial charge in [-0.2, -0.15) is 0 Å². The normalized spacial score (nSPS) is 14.3. The average molecular weight is 287 g/mol. The highest BCUT2D eigenvalue weighted by molar-refractivity contribution is 7.15. The number of carboxylic acid groups (broad SMARTS) is 1. The fourth-order valence-corrected chi connectivity index (χ4v) is 3.11. The van der Waals surface area contributed by atoms with E-state index < -0.39 is 17.8 Å². The molecule has 1 aliphatic heterocycles. The fourth-order valence-electron chi connectivity index (χ4n) is 2.20. The van der Waals surface area contributed by atoms with Crippen LogP contribution in [-0.2, 0) is 11.2 Å². The molecule has 0 saturated carbocycles. The predicted molar refractivity (Wildman–Crippen MR) is 73.2 cm³/mol. The van der Waals surface area contributed by atoms with Gasteiger partial charge in [-0.15, -0.1) is 11.3 Å². The predicted octanol–water partition coefficient (Wildman–Crippen LogP) is 2.18. The lowest BCUT2D eigenvalue weighted by Gasteiger charge is -2.26. The maximum atomic E-state index is 12.4. The van der Waals surface area contributed by atoms with E-state index >= 15 is 0 Å². The van der Waals surface area contributed by atoms with Gasteiger partial charge in [0.15, 0.2) is 0 Å². The van der Waals surface area contributed by atoms with Crippen molar-refractivity contribution < 1.29 is 19.5 Å². The topological polar surface area (TPSA) is 74.7 Å². The number of hydrogen-bond donors (Lipinski definition) is 1. The van der Waals surface area contributed by atoms with E-state index in [9.17, 15) is 14.4 Å². The van der Waals surface area contributed by atoms with Gasteiger partial charge >= 0.3 is 5.97 Å². The number of benzene rings is 1. The van der Waals surface area contributed by atoms with Gasteiger partial charge in [0.1, 0.15) is 5.00 Å². The van der Waals surface area contributed by atoms with Gasteiger partial charge < -0.3 is 5.11 Å². The summed E-state index contributed by atoms with van der Waals surface area (Å²) in [6, 6.07) is 8.25. The smallest absolute Gasteiger partial charge is 0.338 e. The van der Waals surface area contributed by atoms with Crippen LogP contribution in [0.25, 0.3) is 0 Å². The Labute approximate surface area is 118 Å². The van der Waals surface area contributed by atoms with E-state index in [1.165, 1.54) is 6.07 Å². The molecule has 3 rings (SSSR count). The zero-order valence-electron chi connectivity index (χ0n) is 10.2. The highest BCUT2D eigenvalue weighted by Gasteiger charge is 2.34. The number of aromatic carboxylic acids is 1. The van der Waals surface area contributed by atoms with E-state index in [4.69, 9.17) is 5.11 Å². The Morgan fingerprint density at radius 1 is 1.20 bits per heavy atom. The quantitative estimate of drug-likeness (QED) is 0.859. The van der Waals surface area contributed by atoms with Crippen LogP contribution in [0.1, 0.15) is 26.3 Å². The van der Waals surface area contributed by atoms with Crippen LogP contribution in [0.5, 0.6) is 0 Å². The van der Waals surface area contributed by atoms with Crippen LogP contribution in [-0.4, -0.2) is 22.9 Å². The summed E-state index contributed by atoms with van der Waals surface area (Å²) >= 11 is 1.07. The highest BCUT2D eigenvalue weighted by atomic mass is 32.1. The Bertz CT molecular complexity index is 734. The van der Waals surface area contributed by atoms with E-state index in [2.05, 4.69) is 0 Å². The second-order valence-corrected chi connectivity index (χ2v) is 5.21. The third kappa shape index (κ3) is 1.81. The third-order valence-corrected chi connectivity index (χ3v) is 4.02. The van der Waals surface area contributed by atoms with Crippen LogP contribution in [0.15, 0.2) is 35.7 Å². The van der Waals surface area contributed by atoms with E-state index in [0.29, 0.717) is 11.1 Å². The van der Waals surface area contributed by atoms with Crippen molar-refractivity contribution >= 4 is 34.1 Å². The molecule has 1 N–H and O–H groups in total. The molecule has 1 aliphatic rings. The molecule has 20 heavy (non-hydrogen) atoms. The van der Waals surface area contributed by atoms with Crippen molar-refractivity contribution in [1.82, 2.24) is 0 Å². The van der Waals surface area contributed by atoms with Crippen molar-refractivity contribution in [2.24, 2.45) is 0 Å². The molecule has 1 aromatic heterocycles. The van der Waals surface area contributed by atoms with Crippen molar-refractivity contribution in [2.45, 2.75) is 6.42 Å². The number of rotatable bonds is 2. The van der Waals surface area contributed by atoms with Crippen molar-refractivity contribution in [2.75, 3.05) is 4.90 Å². The lowest BCUT2D eigenvalue weighted by atomic mass is 9.98. The number of carboxylic acids is 1. The Morgan fingerprint density at radius 2 is 1.95 bits per heavy atom. The molecule has 0 fully saturated rings. The van der Waals surface area contributed by atoms with Crippen LogP contribution in [0.4, 0.5) is 5.00 Å². The molecule has 2 aromatic rings. The minimum Gasteiger partial charge on any atom is -0.478 e. The van der Waals surface area contributed by atoms with E-state index in [1.807, 2.05) is 0 Å². The second-order valence-electron chi connectivity index (χ2n) is 4.31. The summed E-state index contributed by atoms with van der Waals surface area (Å²) in [6.45, 7) is 0. The molecule has 5 nitrogen and oxygen atoms in total. The fraction of sp³-hybridized carbons (Fsp3) is 0.0714. The van der Waals surface area contributed by atoms with Gasteiger partial charge in [-0.05, 0) is 23.1 Å². The molecule has 0 atom stereocenters. The number of hydrogen-bond acceptors (Lipinski definition) is 4. The van der Waals surface area contributed by atoms with Crippen LogP contribution in [0.3, 0.4) is 0 Å². The number of anilines is 1. The number of amides is 2. The van der Waals surface area contributed by atoms with Crippen LogP contribution in [0.2, 0.25) is 0 Å². The lowest BCUT2D eigenvalue weighted by molar-refractivity contribution is -0.117. The molecule has 0 bridgehead atoms. The van der Waals surface area contributed by atoms with Crippen molar-refractivity contribution in [3.63, 3.8) is 0 Å². The first-order chi connectivity index (χ1) is 9.59. The molecular weight excluding hydrogens is 278 g/mol. The number of thiophene rings is 1. The average Bonchev–Trinajstić information content (AvgIpc) is 2.88. The van der Waals surface area contributed by atoms with Gasteiger partial charge in [0.25, 0.3) is 5.91 Å². The van der Waals surface area contributed by atoms with Crippen LogP contribution >= 0.6 is 11.3 Å². The maximum Gasteiger partial charge on any atom is 0.338 e.